The molecule has 1 aliphatic carbocycles. The summed E-state index contributed by atoms with van der Waals surface area (Å²) >= 11 is 0. The maximum absolute atomic E-state index is 13.1. The molecule has 7 heteroatoms. The summed E-state index contributed by atoms with van der Waals surface area (Å²) in [5.74, 6) is 0.232. The van der Waals surface area contributed by atoms with Crippen molar-refractivity contribution >= 4 is 17.6 Å². The van der Waals surface area contributed by atoms with Crippen molar-refractivity contribution in [3.63, 3.8) is 0 Å². The van der Waals surface area contributed by atoms with Crippen LogP contribution in [0.5, 0.6) is 0 Å². The van der Waals surface area contributed by atoms with E-state index in [1.807, 2.05) is 12.1 Å². The van der Waals surface area contributed by atoms with Gasteiger partial charge in [-0.2, -0.15) is 0 Å². The third-order valence-corrected chi connectivity index (χ3v) is 5.04. The number of furan rings is 1. The third kappa shape index (κ3) is 4.68. The molecule has 0 atom stereocenters. The van der Waals surface area contributed by atoms with Crippen molar-refractivity contribution in [2.45, 2.75) is 38.9 Å². The molecule has 0 spiro atoms. The number of aromatic nitrogens is 1. The predicted octanol–water partition coefficient (Wildman–Crippen LogP) is 3.55. The largest absolute Gasteiger partial charge is 0.467 e. The van der Waals surface area contributed by atoms with E-state index >= 15 is 0 Å². The summed E-state index contributed by atoms with van der Waals surface area (Å²) in [4.78, 5) is 41.3. The van der Waals surface area contributed by atoms with E-state index < -0.39 is 0 Å². The van der Waals surface area contributed by atoms with E-state index in [1.54, 1.807) is 41.5 Å². The van der Waals surface area contributed by atoms with Crippen LogP contribution in [0, 0.1) is 0 Å². The van der Waals surface area contributed by atoms with Gasteiger partial charge in [-0.15, -0.1) is 0 Å². The van der Waals surface area contributed by atoms with E-state index in [-0.39, 0.29) is 24.1 Å². The Morgan fingerprint density at radius 1 is 1.10 bits per heavy atom. The van der Waals surface area contributed by atoms with Crippen LogP contribution in [0.25, 0.3) is 0 Å². The predicted molar refractivity (Wildman–Crippen MR) is 110 cm³/mol. The molecular weight excluding hydrogens is 382 g/mol. The van der Waals surface area contributed by atoms with Crippen LogP contribution in [0.15, 0.2) is 59.3 Å². The molecule has 2 amide bonds. The number of hydrogen-bond acceptors (Lipinski definition) is 4. The highest BCUT2D eigenvalue weighted by Crippen LogP contribution is 2.20. The number of nitrogens with one attached hydrogen (secondary N) is 2. The van der Waals surface area contributed by atoms with Crippen molar-refractivity contribution in [1.29, 1.82) is 0 Å². The molecule has 2 N–H and O–H groups in total. The smallest absolute Gasteiger partial charge is 0.270 e. The van der Waals surface area contributed by atoms with E-state index in [1.165, 1.54) is 13.1 Å². The Balaban J connectivity index is 1.51. The minimum Gasteiger partial charge on any atom is -0.467 e. The lowest BCUT2D eigenvalue weighted by Crippen LogP contribution is -2.30. The van der Waals surface area contributed by atoms with Crippen LogP contribution < -0.4 is 5.32 Å². The van der Waals surface area contributed by atoms with E-state index in [4.69, 9.17) is 4.42 Å². The Hall–Kier alpha value is -3.61. The van der Waals surface area contributed by atoms with Gasteiger partial charge in [0.15, 0.2) is 5.78 Å². The van der Waals surface area contributed by atoms with Crippen LogP contribution in [-0.2, 0) is 13.1 Å². The fourth-order valence-electron chi connectivity index (χ4n) is 3.16. The Morgan fingerprint density at radius 3 is 2.47 bits per heavy atom. The molecule has 30 heavy (non-hydrogen) atoms. The highest BCUT2D eigenvalue weighted by molar-refractivity contribution is 5.99. The average Bonchev–Trinajstić information content (AvgIpc) is 3.20. The zero-order valence-corrected chi connectivity index (χ0v) is 16.7. The summed E-state index contributed by atoms with van der Waals surface area (Å²) in [6.45, 7) is 2.07. The van der Waals surface area contributed by atoms with Crippen molar-refractivity contribution in [1.82, 2.24) is 15.2 Å². The van der Waals surface area contributed by atoms with Crippen LogP contribution in [-0.4, -0.2) is 33.5 Å². The van der Waals surface area contributed by atoms with Gasteiger partial charge in [0.25, 0.3) is 11.8 Å². The lowest BCUT2D eigenvalue weighted by atomic mass is 10.1. The molecule has 2 heterocycles. The number of nitrogens with zero attached hydrogens (tertiary/aromatic N) is 1. The molecule has 1 fully saturated rings. The van der Waals surface area contributed by atoms with Crippen molar-refractivity contribution < 1.29 is 18.8 Å². The number of hydrogen-bond donors (Lipinski definition) is 2. The fraction of sp³-hybridized carbons (Fsp3) is 0.261. The Kier molecular flexibility index (Phi) is 5.52. The van der Waals surface area contributed by atoms with E-state index in [0.29, 0.717) is 35.2 Å². The molecule has 1 aliphatic rings. The molecule has 7 nitrogen and oxygen atoms in total. The van der Waals surface area contributed by atoms with E-state index in [9.17, 15) is 14.4 Å². The summed E-state index contributed by atoms with van der Waals surface area (Å²) in [6, 6.07) is 12.7. The summed E-state index contributed by atoms with van der Waals surface area (Å²) in [5, 5.41) is 2.96. The summed E-state index contributed by atoms with van der Waals surface area (Å²) < 4.78 is 5.41. The standard InChI is InChI=1S/C23H23N3O4/c1-15(27)18-11-21(24-12-18)23(29)26(14-20-3-2-10-30-20)13-16-4-6-17(7-5-16)22(28)25-19-8-9-19/h2-7,10-12,19,24H,8-9,13-14H2,1H3,(H,25,28). The van der Waals surface area contributed by atoms with Gasteiger partial charge in [-0.05, 0) is 55.7 Å². The molecule has 0 aliphatic heterocycles. The molecule has 4 rings (SSSR count). The Morgan fingerprint density at radius 2 is 1.87 bits per heavy atom. The first kappa shape index (κ1) is 19.7. The van der Waals surface area contributed by atoms with Crippen molar-refractivity contribution in [2.24, 2.45) is 0 Å². The monoisotopic (exact) mass is 405 g/mol. The highest BCUT2D eigenvalue weighted by Gasteiger charge is 2.24. The SMILES string of the molecule is CC(=O)c1c[nH]c(C(=O)N(Cc2ccc(C(=O)NC3CC3)cc2)Cc2ccco2)c1. The first-order valence-corrected chi connectivity index (χ1v) is 9.90. The number of Topliss-reactive ketones (excluding diaryl/α,β-unsaturated/α-hetero) is 1. The third-order valence-electron chi connectivity index (χ3n) is 5.04. The molecule has 0 unspecified atom stereocenters. The van der Waals surface area contributed by atoms with Gasteiger partial charge < -0.3 is 19.6 Å². The average molecular weight is 405 g/mol. The fourth-order valence-corrected chi connectivity index (χ4v) is 3.16. The lowest BCUT2D eigenvalue weighted by Gasteiger charge is -2.21. The molecule has 1 saturated carbocycles. The number of rotatable bonds is 8. The minimum atomic E-state index is -0.241. The van der Waals surface area contributed by atoms with E-state index in [0.717, 1.165) is 18.4 Å². The van der Waals surface area contributed by atoms with E-state index in [2.05, 4.69) is 10.3 Å². The van der Waals surface area contributed by atoms with Gasteiger partial charge in [-0.25, -0.2) is 0 Å². The van der Waals surface area contributed by atoms with Crippen LogP contribution in [0.2, 0.25) is 0 Å². The molecular formula is C23H23N3O4. The number of amides is 2. The highest BCUT2D eigenvalue weighted by atomic mass is 16.3. The summed E-state index contributed by atoms with van der Waals surface area (Å²) in [6.07, 6.45) is 5.18. The van der Waals surface area contributed by atoms with Crippen molar-refractivity contribution in [3.05, 3.63) is 83.1 Å². The molecule has 1 aromatic carbocycles. The zero-order valence-electron chi connectivity index (χ0n) is 16.7. The Bertz CT molecular complexity index is 1050. The molecule has 0 bridgehead atoms. The molecule has 0 radical (unpaired) electrons. The van der Waals surface area contributed by atoms with Gasteiger partial charge in [0.2, 0.25) is 0 Å². The summed E-state index contributed by atoms with van der Waals surface area (Å²) in [7, 11) is 0. The number of aromatic amines is 1. The summed E-state index contributed by atoms with van der Waals surface area (Å²) in [5.41, 5.74) is 2.29. The van der Waals surface area contributed by atoms with Crippen molar-refractivity contribution in [3.8, 4) is 0 Å². The topological polar surface area (TPSA) is 95.4 Å². The Labute approximate surface area is 174 Å². The van der Waals surface area contributed by atoms with Crippen LogP contribution in [0.4, 0.5) is 0 Å². The van der Waals surface area contributed by atoms with Gasteiger partial charge >= 0.3 is 0 Å². The number of benzene rings is 1. The maximum Gasteiger partial charge on any atom is 0.270 e. The van der Waals surface area contributed by atoms with Gasteiger partial charge in [0.1, 0.15) is 11.5 Å². The van der Waals surface area contributed by atoms with Crippen molar-refractivity contribution in [2.75, 3.05) is 0 Å². The van der Waals surface area contributed by atoms with Crippen LogP contribution in [0.3, 0.4) is 0 Å². The molecule has 3 aromatic rings. The number of carbonyl (C=O) groups is 3. The van der Waals surface area contributed by atoms with Crippen LogP contribution in [0.1, 0.15) is 62.3 Å². The second kappa shape index (κ2) is 8.41. The quantitative estimate of drug-likeness (QED) is 0.560. The normalized spacial score (nSPS) is 13.1. The molecule has 0 saturated heterocycles. The minimum absolute atomic E-state index is 0.0734. The number of carbonyl (C=O) groups excluding carboxylic acids is 3. The second-order valence-electron chi connectivity index (χ2n) is 7.54. The van der Waals surface area contributed by atoms with Gasteiger partial charge in [-0.3, -0.25) is 14.4 Å². The molecule has 2 aromatic heterocycles. The lowest BCUT2D eigenvalue weighted by molar-refractivity contribution is 0.0712. The van der Waals surface area contributed by atoms with Crippen LogP contribution >= 0.6 is 0 Å². The zero-order chi connectivity index (χ0) is 21.1. The molecule has 154 valence electrons. The van der Waals surface area contributed by atoms with Gasteiger partial charge in [0.05, 0.1) is 12.8 Å². The number of ketones is 1. The first-order valence-electron chi connectivity index (χ1n) is 9.90. The van der Waals surface area contributed by atoms with Gasteiger partial charge in [0, 0.05) is 29.9 Å². The first-order chi connectivity index (χ1) is 14.5. The van der Waals surface area contributed by atoms with Gasteiger partial charge in [-0.1, -0.05) is 12.1 Å². The second-order valence-corrected chi connectivity index (χ2v) is 7.54. The maximum atomic E-state index is 13.1. The number of H-pyrrole nitrogens is 1.